The van der Waals surface area contributed by atoms with Crippen molar-refractivity contribution in [2.75, 3.05) is 17.7 Å². The molecule has 21 heavy (non-hydrogen) atoms. The lowest BCUT2D eigenvalue weighted by Gasteiger charge is -2.12. The van der Waals surface area contributed by atoms with Crippen LogP contribution >= 0.6 is 0 Å². The Morgan fingerprint density at radius 1 is 1.19 bits per heavy atom. The number of para-hydroxylation sites is 1. The first-order valence-electron chi connectivity index (χ1n) is 5.84. The van der Waals surface area contributed by atoms with Crippen LogP contribution in [0.25, 0.3) is 0 Å². The highest BCUT2D eigenvalue weighted by molar-refractivity contribution is 5.65. The highest BCUT2D eigenvalue weighted by Crippen LogP contribution is 2.30. The molecule has 0 saturated carbocycles. The Labute approximate surface area is 118 Å². The van der Waals surface area contributed by atoms with Crippen molar-refractivity contribution in [2.45, 2.75) is 6.18 Å². The maximum Gasteiger partial charge on any atom is 0.433 e. The van der Waals surface area contributed by atoms with Crippen LogP contribution in [0.4, 0.5) is 30.6 Å². The fourth-order valence-electron chi connectivity index (χ4n) is 1.60. The molecule has 108 valence electrons. The minimum atomic E-state index is -4.58. The van der Waals surface area contributed by atoms with Crippen molar-refractivity contribution in [2.24, 2.45) is 0 Å². The average molecular weight is 293 g/mol. The van der Waals surface area contributed by atoms with Crippen LogP contribution in [0.1, 0.15) is 11.3 Å². The number of nitriles is 1. The summed E-state index contributed by atoms with van der Waals surface area (Å²) in [4.78, 5) is 7.25. The molecule has 2 rings (SSSR count). The lowest BCUT2D eigenvalue weighted by atomic mass is 10.2. The van der Waals surface area contributed by atoms with E-state index in [0.29, 0.717) is 11.3 Å². The number of hydrogen-bond donors (Lipinski definition) is 2. The summed E-state index contributed by atoms with van der Waals surface area (Å²) < 4.78 is 38.3. The maximum atomic E-state index is 12.8. The van der Waals surface area contributed by atoms with Crippen LogP contribution in [0.15, 0.2) is 30.3 Å². The number of benzene rings is 1. The Morgan fingerprint density at radius 3 is 2.52 bits per heavy atom. The highest BCUT2D eigenvalue weighted by atomic mass is 19.4. The van der Waals surface area contributed by atoms with Gasteiger partial charge in [-0.1, -0.05) is 12.1 Å². The summed E-state index contributed by atoms with van der Waals surface area (Å²) in [6.45, 7) is 0. The first-order chi connectivity index (χ1) is 9.94. The number of hydrogen-bond acceptors (Lipinski definition) is 5. The normalized spacial score (nSPS) is 10.8. The quantitative estimate of drug-likeness (QED) is 0.909. The molecular formula is C13H10F3N5. The first-order valence-corrected chi connectivity index (χ1v) is 5.84. The number of halogens is 3. The average Bonchev–Trinajstić information content (AvgIpc) is 2.46. The van der Waals surface area contributed by atoms with Crippen molar-refractivity contribution in [3.8, 4) is 6.07 Å². The zero-order valence-corrected chi connectivity index (χ0v) is 10.9. The molecule has 0 fully saturated rings. The predicted octanol–water partition coefficient (Wildman–Crippen LogP) is 3.15. The fourth-order valence-corrected chi connectivity index (χ4v) is 1.60. The van der Waals surface area contributed by atoms with E-state index >= 15 is 0 Å². The molecule has 8 heteroatoms. The van der Waals surface area contributed by atoms with Gasteiger partial charge in [-0.2, -0.15) is 23.4 Å². The minimum absolute atomic E-state index is 0.0515. The fraction of sp³-hybridized carbons (Fsp3) is 0.154. The van der Waals surface area contributed by atoms with Crippen LogP contribution in [0.5, 0.6) is 0 Å². The Bertz CT molecular complexity index is 691. The molecule has 0 spiro atoms. The number of alkyl halides is 3. The van der Waals surface area contributed by atoms with Gasteiger partial charge in [0.05, 0.1) is 11.3 Å². The highest BCUT2D eigenvalue weighted by Gasteiger charge is 2.33. The van der Waals surface area contributed by atoms with E-state index in [2.05, 4.69) is 20.6 Å². The Balaban J connectivity index is 2.42. The van der Waals surface area contributed by atoms with E-state index in [-0.39, 0.29) is 11.8 Å². The van der Waals surface area contributed by atoms with Gasteiger partial charge in [-0.05, 0) is 12.1 Å². The molecule has 2 aromatic rings. The van der Waals surface area contributed by atoms with Gasteiger partial charge < -0.3 is 10.6 Å². The molecule has 0 bridgehead atoms. The molecule has 5 nitrogen and oxygen atoms in total. The van der Waals surface area contributed by atoms with Gasteiger partial charge in [0.2, 0.25) is 5.95 Å². The molecule has 1 heterocycles. The van der Waals surface area contributed by atoms with Crippen molar-refractivity contribution in [1.29, 1.82) is 5.26 Å². The Morgan fingerprint density at radius 2 is 1.90 bits per heavy atom. The van der Waals surface area contributed by atoms with E-state index in [9.17, 15) is 13.2 Å². The number of anilines is 3. The largest absolute Gasteiger partial charge is 0.433 e. The van der Waals surface area contributed by atoms with Crippen LogP contribution in [-0.4, -0.2) is 17.0 Å². The monoisotopic (exact) mass is 293 g/mol. The number of rotatable bonds is 3. The van der Waals surface area contributed by atoms with Crippen molar-refractivity contribution in [1.82, 2.24) is 9.97 Å². The third-order valence-corrected chi connectivity index (χ3v) is 2.55. The predicted molar refractivity (Wildman–Crippen MR) is 71.0 cm³/mol. The van der Waals surface area contributed by atoms with Gasteiger partial charge in [-0.15, -0.1) is 0 Å². The van der Waals surface area contributed by atoms with Crippen LogP contribution in [-0.2, 0) is 6.18 Å². The molecule has 2 N–H and O–H groups in total. The summed E-state index contributed by atoms with van der Waals surface area (Å²) in [5, 5.41) is 14.1. The van der Waals surface area contributed by atoms with E-state index < -0.39 is 11.9 Å². The molecular weight excluding hydrogens is 283 g/mol. The molecule has 0 radical (unpaired) electrons. The van der Waals surface area contributed by atoms with Crippen LogP contribution in [0.2, 0.25) is 0 Å². The lowest BCUT2D eigenvalue weighted by Crippen LogP contribution is -2.12. The first kappa shape index (κ1) is 14.6. The van der Waals surface area contributed by atoms with E-state index in [1.165, 1.54) is 7.05 Å². The van der Waals surface area contributed by atoms with Crippen molar-refractivity contribution >= 4 is 17.5 Å². The van der Waals surface area contributed by atoms with E-state index in [1.807, 2.05) is 6.07 Å². The molecule has 0 aliphatic rings. The third kappa shape index (κ3) is 3.39. The topological polar surface area (TPSA) is 73.6 Å². The number of nitrogens with one attached hydrogen (secondary N) is 2. The molecule has 0 amide bonds. The summed E-state index contributed by atoms with van der Waals surface area (Å²) in [5.41, 5.74) is -0.400. The van der Waals surface area contributed by atoms with Gasteiger partial charge in [0.1, 0.15) is 11.9 Å². The van der Waals surface area contributed by atoms with Crippen molar-refractivity contribution < 1.29 is 13.2 Å². The minimum Gasteiger partial charge on any atom is -0.357 e. The van der Waals surface area contributed by atoms with E-state index in [1.54, 1.807) is 24.3 Å². The smallest absolute Gasteiger partial charge is 0.357 e. The summed E-state index contributed by atoms with van der Waals surface area (Å²) in [5.74, 6) is -0.217. The van der Waals surface area contributed by atoms with E-state index in [0.717, 1.165) is 6.07 Å². The van der Waals surface area contributed by atoms with Crippen molar-refractivity contribution in [3.63, 3.8) is 0 Å². The SMILES string of the molecule is CNc1nc(Nc2ccccc2C#N)cc(C(F)(F)F)n1. The van der Waals surface area contributed by atoms with Gasteiger partial charge >= 0.3 is 6.18 Å². The van der Waals surface area contributed by atoms with Gasteiger partial charge in [-0.3, -0.25) is 0 Å². The molecule has 0 atom stereocenters. The van der Waals surface area contributed by atoms with E-state index in [4.69, 9.17) is 5.26 Å². The summed E-state index contributed by atoms with van der Waals surface area (Å²) in [7, 11) is 1.42. The van der Waals surface area contributed by atoms with Gasteiger partial charge in [-0.25, -0.2) is 4.98 Å². The standard InChI is InChI=1S/C13H10F3N5/c1-18-12-20-10(13(14,15)16)6-11(21-12)19-9-5-3-2-4-8(9)7-17/h2-6H,1H3,(H2,18,19,20,21). The van der Waals surface area contributed by atoms with Crippen LogP contribution < -0.4 is 10.6 Å². The summed E-state index contributed by atoms with van der Waals surface area (Å²) in [6.07, 6.45) is -4.58. The van der Waals surface area contributed by atoms with Crippen LogP contribution in [0.3, 0.4) is 0 Å². The second-order valence-corrected chi connectivity index (χ2v) is 3.99. The summed E-state index contributed by atoms with van der Waals surface area (Å²) in [6, 6.07) is 9.17. The number of nitrogens with zero attached hydrogens (tertiary/aromatic N) is 3. The third-order valence-electron chi connectivity index (χ3n) is 2.55. The zero-order valence-electron chi connectivity index (χ0n) is 10.9. The maximum absolute atomic E-state index is 12.8. The molecule has 0 unspecified atom stereocenters. The number of aromatic nitrogens is 2. The molecule has 0 aliphatic heterocycles. The second-order valence-electron chi connectivity index (χ2n) is 3.99. The lowest BCUT2D eigenvalue weighted by molar-refractivity contribution is -0.141. The van der Waals surface area contributed by atoms with Gasteiger partial charge in [0.15, 0.2) is 5.69 Å². The Hall–Kier alpha value is -2.82. The zero-order chi connectivity index (χ0) is 15.5. The second kappa shape index (κ2) is 5.66. The summed E-state index contributed by atoms with van der Waals surface area (Å²) >= 11 is 0. The molecule has 1 aromatic heterocycles. The molecule has 1 aromatic carbocycles. The van der Waals surface area contributed by atoms with Gasteiger partial charge in [0, 0.05) is 13.1 Å². The molecule has 0 saturated heterocycles. The van der Waals surface area contributed by atoms with Crippen LogP contribution in [0, 0.1) is 11.3 Å². The molecule has 0 aliphatic carbocycles. The van der Waals surface area contributed by atoms with Crippen molar-refractivity contribution in [3.05, 3.63) is 41.6 Å². The Kier molecular flexibility index (Phi) is 3.93. The van der Waals surface area contributed by atoms with Gasteiger partial charge in [0.25, 0.3) is 0 Å².